The third kappa shape index (κ3) is 3.60. The molecule has 0 aliphatic carbocycles. The van der Waals surface area contributed by atoms with Gasteiger partial charge in [-0.2, -0.15) is 13.2 Å². The highest BCUT2D eigenvalue weighted by Gasteiger charge is 2.32. The molecule has 0 saturated heterocycles. The Hall–Kier alpha value is -2.56. The van der Waals surface area contributed by atoms with Crippen LogP contribution in [0.25, 0.3) is 10.9 Å². The SMILES string of the molecule is CCC(Cc1ccccc1C(F)(F)F)=Nc1c(C)[nH]c2ccccc12. The topological polar surface area (TPSA) is 28.1 Å². The average molecular weight is 344 g/mol. The largest absolute Gasteiger partial charge is 0.416 e. The van der Waals surface area contributed by atoms with E-state index in [-0.39, 0.29) is 12.0 Å². The molecule has 0 amide bonds. The van der Waals surface area contributed by atoms with Gasteiger partial charge in [0.25, 0.3) is 0 Å². The lowest BCUT2D eigenvalue weighted by Crippen LogP contribution is -2.12. The fraction of sp³-hybridized carbons (Fsp3) is 0.250. The Morgan fingerprint density at radius 1 is 1.04 bits per heavy atom. The van der Waals surface area contributed by atoms with E-state index in [0.29, 0.717) is 6.42 Å². The molecule has 0 aliphatic rings. The summed E-state index contributed by atoms with van der Waals surface area (Å²) in [5.41, 5.74) is 3.09. The van der Waals surface area contributed by atoms with Crippen molar-refractivity contribution in [3.63, 3.8) is 0 Å². The zero-order chi connectivity index (χ0) is 18.0. The summed E-state index contributed by atoms with van der Waals surface area (Å²) in [5.74, 6) is 0. The molecule has 0 radical (unpaired) electrons. The first kappa shape index (κ1) is 17.3. The quantitative estimate of drug-likeness (QED) is 0.544. The maximum atomic E-state index is 13.2. The zero-order valence-corrected chi connectivity index (χ0v) is 14.1. The standard InChI is InChI=1S/C20H19F3N2/c1-3-15(12-14-8-4-6-10-17(14)20(21,22)23)25-19-13(2)24-18-11-7-5-9-16(18)19/h4-11,24H,3,12H2,1-2H3. The van der Waals surface area contributed by atoms with Gasteiger partial charge in [0.05, 0.1) is 11.3 Å². The third-order valence-corrected chi connectivity index (χ3v) is 4.25. The average Bonchev–Trinajstić information content (AvgIpc) is 2.89. The molecule has 2 aromatic carbocycles. The van der Waals surface area contributed by atoms with Crippen molar-refractivity contribution in [1.82, 2.24) is 4.98 Å². The number of aliphatic imine (C=N–C) groups is 1. The van der Waals surface area contributed by atoms with Crippen LogP contribution in [0.5, 0.6) is 0 Å². The molecule has 0 atom stereocenters. The van der Waals surface area contributed by atoms with E-state index >= 15 is 0 Å². The van der Waals surface area contributed by atoms with Crippen LogP contribution in [0.2, 0.25) is 0 Å². The number of hydrogen-bond acceptors (Lipinski definition) is 1. The van der Waals surface area contributed by atoms with Crippen LogP contribution in [0.1, 0.15) is 30.2 Å². The molecule has 3 rings (SSSR count). The van der Waals surface area contributed by atoms with Crippen molar-refractivity contribution in [3.8, 4) is 0 Å². The molecule has 130 valence electrons. The summed E-state index contributed by atoms with van der Waals surface area (Å²) in [6.45, 7) is 3.84. The normalized spacial score (nSPS) is 12.8. The number of benzene rings is 2. The number of H-pyrrole nitrogens is 1. The number of aromatic nitrogens is 1. The van der Waals surface area contributed by atoms with Gasteiger partial charge >= 0.3 is 6.18 Å². The van der Waals surface area contributed by atoms with Crippen molar-refractivity contribution >= 4 is 22.3 Å². The second-order valence-electron chi connectivity index (χ2n) is 6.01. The highest BCUT2D eigenvalue weighted by Crippen LogP contribution is 2.33. The van der Waals surface area contributed by atoms with Crippen LogP contribution in [0.4, 0.5) is 18.9 Å². The second kappa shape index (κ2) is 6.75. The van der Waals surface area contributed by atoms with Crippen LogP contribution in [0.15, 0.2) is 53.5 Å². The monoisotopic (exact) mass is 344 g/mol. The van der Waals surface area contributed by atoms with Crippen molar-refractivity contribution in [1.29, 1.82) is 0 Å². The van der Waals surface area contributed by atoms with Crippen LogP contribution in [-0.4, -0.2) is 10.7 Å². The van der Waals surface area contributed by atoms with E-state index in [9.17, 15) is 13.2 Å². The van der Waals surface area contributed by atoms with Crippen LogP contribution >= 0.6 is 0 Å². The van der Waals surface area contributed by atoms with E-state index in [1.165, 1.54) is 12.1 Å². The molecular weight excluding hydrogens is 325 g/mol. The number of alkyl halides is 3. The van der Waals surface area contributed by atoms with Gasteiger partial charge in [0, 0.05) is 28.7 Å². The van der Waals surface area contributed by atoms with E-state index in [4.69, 9.17) is 4.99 Å². The molecular formula is C20H19F3N2. The number of aryl methyl sites for hydroxylation is 1. The molecule has 0 bridgehead atoms. The Bertz CT molecular complexity index is 920. The van der Waals surface area contributed by atoms with Crippen molar-refractivity contribution in [2.45, 2.75) is 32.9 Å². The first-order valence-electron chi connectivity index (χ1n) is 8.19. The molecule has 0 spiro atoms. The predicted molar refractivity (Wildman–Crippen MR) is 95.6 cm³/mol. The minimum Gasteiger partial charge on any atom is -0.357 e. The number of aromatic amines is 1. The molecule has 3 aromatic rings. The second-order valence-corrected chi connectivity index (χ2v) is 6.01. The highest BCUT2D eigenvalue weighted by atomic mass is 19.4. The number of para-hydroxylation sites is 1. The number of halogens is 3. The first-order valence-corrected chi connectivity index (χ1v) is 8.19. The van der Waals surface area contributed by atoms with Gasteiger partial charge in [-0.25, -0.2) is 0 Å². The maximum absolute atomic E-state index is 13.2. The van der Waals surface area contributed by atoms with Gasteiger partial charge in [0.15, 0.2) is 0 Å². The predicted octanol–water partition coefficient (Wildman–Crippen LogP) is 6.22. The van der Waals surface area contributed by atoms with Gasteiger partial charge in [-0.15, -0.1) is 0 Å². The lowest BCUT2D eigenvalue weighted by atomic mass is 10.0. The van der Waals surface area contributed by atoms with Gasteiger partial charge < -0.3 is 4.98 Å². The highest BCUT2D eigenvalue weighted by molar-refractivity contribution is 5.97. The van der Waals surface area contributed by atoms with Crippen LogP contribution in [0.3, 0.4) is 0 Å². The minimum atomic E-state index is -4.36. The van der Waals surface area contributed by atoms with Crippen LogP contribution in [-0.2, 0) is 12.6 Å². The molecule has 0 fully saturated rings. The molecule has 1 aromatic heterocycles. The lowest BCUT2D eigenvalue weighted by molar-refractivity contribution is -0.138. The summed E-state index contributed by atoms with van der Waals surface area (Å²) < 4.78 is 39.6. The summed E-state index contributed by atoms with van der Waals surface area (Å²) in [5, 5.41) is 0.982. The van der Waals surface area contributed by atoms with Gasteiger partial charge in [-0.3, -0.25) is 4.99 Å². The van der Waals surface area contributed by atoms with Crippen molar-refractivity contribution in [2.24, 2.45) is 4.99 Å². The molecule has 1 N–H and O–H groups in total. The minimum absolute atomic E-state index is 0.186. The molecule has 5 heteroatoms. The summed E-state index contributed by atoms with van der Waals surface area (Å²) in [6, 6.07) is 13.5. The zero-order valence-electron chi connectivity index (χ0n) is 14.1. The maximum Gasteiger partial charge on any atom is 0.416 e. The van der Waals surface area contributed by atoms with Gasteiger partial charge in [-0.05, 0) is 31.0 Å². The van der Waals surface area contributed by atoms with E-state index < -0.39 is 11.7 Å². The molecule has 1 heterocycles. The fourth-order valence-electron chi connectivity index (χ4n) is 2.98. The molecule has 2 nitrogen and oxygen atoms in total. The summed E-state index contributed by atoms with van der Waals surface area (Å²) in [4.78, 5) is 7.97. The Balaban J connectivity index is 2.01. The Morgan fingerprint density at radius 2 is 1.72 bits per heavy atom. The van der Waals surface area contributed by atoms with E-state index in [2.05, 4.69) is 4.98 Å². The number of hydrogen-bond donors (Lipinski definition) is 1. The van der Waals surface area contributed by atoms with Gasteiger partial charge in [-0.1, -0.05) is 43.3 Å². The van der Waals surface area contributed by atoms with E-state index in [1.54, 1.807) is 6.07 Å². The Morgan fingerprint density at radius 3 is 2.44 bits per heavy atom. The Kier molecular flexibility index (Phi) is 4.66. The fourth-order valence-corrected chi connectivity index (χ4v) is 2.98. The number of nitrogens with one attached hydrogen (secondary N) is 1. The van der Waals surface area contributed by atoms with Crippen LogP contribution < -0.4 is 0 Å². The molecule has 0 unspecified atom stereocenters. The smallest absolute Gasteiger partial charge is 0.357 e. The van der Waals surface area contributed by atoms with Crippen molar-refractivity contribution in [2.75, 3.05) is 0 Å². The lowest BCUT2D eigenvalue weighted by Gasteiger charge is -2.13. The number of fused-ring (bicyclic) bond motifs is 1. The van der Waals surface area contributed by atoms with E-state index in [0.717, 1.165) is 34.1 Å². The summed E-state index contributed by atoms with van der Waals surface area (Å²) >= 11 is 0. The Labute approximate surface area is 144 Å². The van der Waals surface area contributed by atoms with Gasteiger partial charge in [0.2, 0.25) is 0 Å². The molecule has 25 heavy (non-hydrogen) atoms. The third-order valence-electron chi connectivity index (χ3n) is 4.25. The number of rotatable bonds is 4. The van der Waals surface area contributed by atoms with Crippen molar-refractivity contribution < 1.29 is 13.2 Å². The number of nitrogens with zero attached hydrogens (tertiary/aromatic N) is 1. The van der Waals surface area contributed by atoms with Crippen molar-refractivity contribution in [3.05, 3.63) is 65.4 Å². The van der Waals surface area contributed by atoms with Crippen LogP contribution in [0, 0.1) is 6.92 Å². The molecule has 0 saturated carbocycles. The summed E-state index contributed by atoms with van der Waals surface area (Å²) in [6.07, 6.45) is -3.58. The molecule has 0 aliphatic heterocycles. The first-order chi connectivity index (χ1) is 11.9. The van der Waals surface area contributed by atoms with E-state index in [1.807, 2.05) is 38.1 Å². The van der Waals surface area contributed by atoms with Gasteiger partial charge in [0.1, 0.15) is 0 Å². The summed E-state index contributed by atoms with van der Waals surface area (Å²) in [7, 11) is 0.